The van der Waals surface area contributed by atoms with Crippen LogP contribution in [0, 0.1) is 11.8 Å². The Morgan fingerprint density at radius 3 is 2.58 bits per heavy atom. The first-order valence-corrected chi connectivity index (χ1v) is 8.03. The summed E-state index contributed by atoms with van der Waals surface area (Å²) in [5.41, 5.74) is 0.792. The molecule has 1 aromatic carbocycles. The third-order valence-corrected chi connectivity index (χ3v) is 4.46. The molecule has 2 heterocycles. The summed E-state index contributed by atoms with van der Waals surface area (Å²) in [5.74, 6) is 1.26. The van der Waals surface area contributed by atoms with Gasteiger partial charge in [-0.25, -0.2) is 0 Å². The van der Waals surface area contributed by atoms with Crippen LogP contribution in [0.25, 0.3) is 11.5 Å². The number of halogens is 2. The topological polar surface area (TPSA) is 80.0 Å². The number of hydrogen-bond acceptors (Lipinski definition) is 5. The van der Waals surface area contributed by atoms with Gasteiger partial charge in [-0.2, -0.15) is 4.98 Å². The van der Waals surface area contributed by atoms with E-state index >= 15 is 0 Å². The van der Waals surface area contributed by atoms with Crippen LogP contribution >= 0.6 is 24.0 Å². The molecule has 1 aliphatic rings. The van der Waals surface area contributed by atoms with Crippen LogP contribution in [0.5, 0.6) is 0 Å². The lowest BCUT2D eigenvalue weighted by Crippen LogP contribution is -2.49. The molecule has 1 aliphatic heterocycles. The van der Waals surface area contributed by atoms with Crippen molar-refractivity contribution in [3.63, 3.8) is 0 Å². The molecule has 3 rings (SSSR count). The summed E-state index contributed by atoms with van der Waals surface area (Å²) < 4.78 is 5.27. The highest BCUT2D eigenvalue weighted by Crippen LogP contribution is 2.22. The predicted octanol–water partition coefficient (Wildman–Crippen LogP) is 2.84. The lowest BCUT2D eigenvalue weighted by Gasteiger charge is -2.32. The van der Waals surface area contributed by atoms with E-state index in [0.29, 0.717) is 22.7 Å². The highest BCUT2D eigenvalue weighted by Gasteiger charge is 2.30. The fourth-order valence-electron chi connectivity index (χ4n) is 2.41. The quantitative estimate of drug-likeness (QED) is 0.845. The van der Waals surface area contributed by atoms with E-state index in [1.807, 2.05) is 26.0 Å². The normalized spacial score (nSPS) is 16.6. The standard InChI is InChI=1S/C16H19ClN4O2.ClH/c1-9(12-7-18-8-12)15(22)19-10(2)14-20-16(23-21-14)11-3-5-13(17)6-4-11;/h3-6,9-10,12,18H,7-8H2,1-2H3,(H,19,22);1H. The maximum Gasteiger partial charge on any atom is 0.257 e. The summed E-state index contributed by atoms with van der Waals surface area (Å²) in [7, 11) is 0. The van der Waals surface area contributed by atoms with Gasteiger partial charge in [-0.05, 0) is 50.2 Å². The Hall–Kier alpha value is -1.63. The average molecular weight is 371 g/mol. The van der Waals surface area contributed by atoms with Crippen LogP contribution in [-0.2, 0) is 4.79 Å². The molecule has 0 aliphatic carbocycles. The van der Waals surface area contributed by atoms with Gasteiger partial charge in [0.25, 0.3) is 5.89 Å². The van der Waals surface area contributed by atoms with Gasteiger partial charge in [0, 0.05) is 16.5 Å². The monoisotopic (exact) mass is 370 g/mol. The van der Waals surface area contributed by atoms with Crippen LogP contribution in [0.15, 0.2) is 28.8 Å². The third kappa shape index (κ3) is 4.06. The number of amides is 1. The van der Waals surface area contributed by atoms with Gasteiger partial charge in [0.05, 0.1) is 6.04 Å². The predicted molar refractivity (Wildman–Crippen MR) is 94.1 cm³/mol. The number of aromatic nitrogens is 2. The summed E-state index contributed by atoms with van der Waals surface area (Å²) in [6.07, 6.45) is 0. The second-order valence-electron chi connectivity index (χ2n) is 5.90. The van der Waals surface area contributed by atoms with Gasteiger partial charge in [0.2, 0.25) is 5.91 Å². The van der Waals surface area contributed by atoms with Gasteiger partial charge in [0.1, 0.15) is 0 Å². The van der Waals surface area contributed by atoms with E-state index in [1.54, 1.807) is 12.1 Å². The van der Waals surface area contributed by atoms with Crippen LogP contribution in [0.3, 0.4) is 0 Å². The number of carbonyl (C=O) groups excluding carboxylic acids is 1. The Labute approximate surface area is 151 Å². The number of nitrogens with one attached hydrogen (secondary N) is 2. The SMILES string of the molecule is CC(NC(=O)C(C)C1CNC1)c1noc(-c2ccc(Cl)cc2)n1.Cl. The molecule has 2 aromatic rings. The first-order valence-electron chi connectivity index (χ1n) is 7.65. The molecule has 130 valence electrons. The maximum absolute atomic E-state index is 12.2. The van der Waals surface area contributed by atoms with E-state index in [1.165, 1.54) is 0 Å². The number of hydrogen-bond donors (Lipinski definition) is 2. The minimum absolute atomic E-state index is 0. The molecule has 24 heavy (non-hydrogen) atoms. The highest BCUT2D eigenvalue weighted by atomic mass is 35.5. The Morgan fingerprint density at radius 2 is 2.00 bits per heavy atom. The summed E-state index contributed by atoms with van der Waals surface area (Å²) in [4.78, 5) is 16.6. The molecule has 2 N–H and O–H groups in total. The second-order valence-corrected chi connectivity index (χ2v) is 6.34. The molecule has 0 radical (unpaired) electrons. The Balaban J connectivity index is 0.00000208. The first-order chi connectivity index (χ1) is 11.0. The Bertz CT molecular complexity index is 686. The zero-order valence-electron chi connectivity index (χ0n) is 13.5. The number of carbonyl (C=O) groups is 1. The molecule has 6 nitrogen and oxygen atoms in total. The molecule has 2 atom stereocenters. The molecule has 1 aromatic heterocycles. The lowest BCUT2D eigenvalue weighted by atomic mass is 9.88. The van der Waals surface area contributed by atoms with Gasteiger partial charge in [-0.1, -0.05) is 23.7 Å². The third-order valence-electron chi connectivity index (χ3n) is 4.21. The zero-order valence-corrected chi connectivity index (χ0v) is 15.0. The number of nitrogens with zero attached hydrogens (tertiary/aromatic N) is 2. The van der Waals surface area contributed by atoms with Crippen LogP contribution in [0.2, 0.25) is 5.02 Å². The fraction of sp³-hybridized carbons (Fsp3) is 0.438. The average Bonchev–Trinajstić information content (AvgIpc) is 2.96. The summed E-state index contributed by atoms with van der Waals surface area (Å²) in [5, 5.41) is 10.7. The molecule has 0 saturated carbocycles. The van der Waals surface area contributed by atoms with Crippen molar-refractivity contribution in [2.45, 2.75) is 19.9 Å². The van der Waals surface area contributed by atoms with Crippen molar-refractivity contribution < 1.29 is 9.32 Å². The van der Waals surface area contributed by atoms with E-state index in [9.17, 15) is 4.79 Å². The van der Waals surface area contributed by atoms with E-state index in [-0.39, 0.29) is 30.3 Å². The Kier molecular flexibility index (Phi) is 6.21. The number of rotatable bonds is 5. The van der Waals surface area contributed by atoms with Crippen molar-refractivity contribution >= 4 is 29.9 Å². The smallest absolute Gasteiger partial charge is 0.257 e. The zero-order chi connectivity index (χ0) is 16.4. The van der Waals surface area contributed by atoms with Crippen LogP contribution in [0.4, 0.5) is 0 Å². The van der Waals surface area contributed by atoms with Gasteiger partial charge in [-0.15, -0.1) is 12.4 Å². The van der Waals surface area contributed by atoms with Gasteiger partial charge in [-0.3, -0.25) is 4.79 Å². The molecule has 1 saturated heterocycles. The molecular weight excluding hydrogens is 351 g/mol. The molecule has 2 unspecified atom stereocenters. The minimum atomic E-state index is -0.303. The first kappa shape index (κ1) is 18.7. The van der Waals surface area contributed by atoms with Crippen molar-refractivity contribution in [1.29, 1.82) is 0 Å². The maximum atomic E-state index is 12.2. The lowest BCUT2D eigenvalue weighted by molar-refractivity contribution is -0.127. The van der Waals surface area contributed by atoms with Gasteiger partial charge >= 0.3 is 0 Å². The minimum Gasteiger partial charge on any atom is -0.346 e. The van der Waals surface area contributed by atoms with Crippen molar-refractivity contribution in [3.8, 4) is 11.5 Å². The molecular formula is C16H20Cl2N4O2. The van der Waals surface area contributed by atoms with E-state index in [2.05, 4.69) is 20.8 Å². The fourth-order valence-corrected chi connectivity index (χ4v) is 2.53. The Morgan fingerprint density at radius 1 is 1.33 bits per heavy atom. The molecule has 1 fully saturated rings. The molecule has 1 amide bonds. The van der Waals surface area contributed by atoms with Crippen molar-refractivity contribution in [2.75, 3.05) is 13.1 Å². The van der Waals surface area contributed by atoms with Crippen LogP contribution < -0.4 is 10.6 Å². The largest absolute Gasteiger partial charge is 0.346 e. The van der Waals surface area contributed by atoms with Gasteiger partial charge < -0.3 is 15.2 Å². The van der Waals surface area contributed by atoms with Crippen molar-refractivity contribution in [3.05, 3.63) is 35.1 Å². The second kappa shape index (κ2) is 7.96. The van der Waals surface area contributed by atoms with Crippen LogP contribution in [-0.4, -0.2) is 29.1 Å². The van der Waals surface area contributed by atoms with Crippen molar-refractivity contribution in [1.82, 2.24) is 20.8 Å². The molecule has 0 bridgehead atoms. The highest BCUT2D eigenvalue weighted by molar-refractivity contribution is 6.30. The summed E-state index contributed by atoms with van der Waals surface area (Å²) in [6.45, 7) is 5.58. The van der Waals surface area contributed by atoms with E-state index < -0.39 is 0 Å². The van der Waals surface area contributed by atoms with E-state index in [0.717, 1.165) is 18.7 Å². The summed E-state index contributed by atoms with van der Waals surface area (Å²) >= 11 is 5.87. The summed E-state index contributed by atoms with van der Waals surface area (Å²) in [6, 6.07) is 6.85. The molecule has 0 spiro atoms. The van der Waals surface area contributed by atoms with E-state index in [4.69, 9.17) is 16.1 Å². The van der Waals surface area contributed by atoms with Gasteiger partial charge in [0.15, 0.2) is 5.82 Å². The number of benzene rings is 1. The molecule has 8 heteroatoms. The van der Waals surface area contributed by atoms with Crippen molar-refractivity contribution in [2.24, 2.45) is 11.8 Å². The van der Waals surface area contributed by atoms with Crippen LogP contribution in [0.1, 0.15) is 25.7 Å².